The molecule has 6 heteroatoms. The molecule has 1 amide bonds. The van der Waals surface area contributed by atoms with Crippen LogP contribution in [0.4, 0.5) is 0 Å². The number of rotatable bonds is 8. The van der Waals surface area contributed by atoms with Crippen molar-refractivity contribution in [3.8, 4) is 12.3 Å². The lowest BCUT2D eigenvalue weighted by atomic mass is 9.95. The molecule has 2 rings (SSSR count). The van der Waals surface area contributed by atoms with Crippen molar-refractivity contribution < 1.29 is 4.79 Å². The largest absolute Gasteiger partial charge is 0.338 e. The predicted molar refractivity (Wildman–Crippen MR) is 113 cm³/mol. The van der Waals surface area contributed by atoms with E-state index in [9.17, 15) is 4.79 Å². The van der Waals surface area contributed by atoms with Crippen LogP contribution in [0.15, 0.2) is 18.2 Å². The van der Waals surface area contributed by atoms with Crippen molar-refractivity contribution in [1.29, 1.82) is 0 Å². The molecule has 1 aliphatic rings. The molecule has 1 aromatic carbocycles. The predicted octanol–water partition coefficient (Wildman–Crippen LogP) is 3.62. The summed E-state index contributed by atoms with van der Waals surface area (Å²) in [5, 5.41) is 1.06. The first-order valence-electron chi connectivity index (χ1n) is 9.44. The van der Waals surface area contributed by atoms with Gasteiger partial charge in [0.15, 0.2) is 0 Å². The summed E-state index contributed by atoms with van der Waals surface area (Å²) in [4.78, 5) is 19.5. The van der Waals surface area contributed by atoms with Crippen molar-refractivity contribution in [2.75, 3.05) is 46.8 Å². The van der Waals surface area contributed by atoms with Crippen molar-refractivity contribution in [2.24, 2.45) is 5.92 Å². The van der Waals surface area contributed by atoms with Gasteiger partial charge < -0.3 is 9.80 Å². The maximum atomic E-state index is 13.2. The van der Waals surface area contributed by atoms with Crippen LogP contribution in [0, 0.1) is 18.3 Å². The minimum absolute atomic E-state index is 0.0705. The molecule has 27 heavy (non-hydrogen) atoms. The van der Waals surface area contributed by atoms with E-state index in [1.54, 1.807) is 6.07 Å². The second-order valence-corrected chi connectivity index (χ2v) is 8.23. The molecule has 1 heterocycles. The summed E-state index contributed by atoms with van der Waals surface area (Å²) in [7, 11) is 4.10. The minimum atomic E-state index is 0.0705. The number of carbonyl (C=O) groups excluding carboxylic acids is 1. The SMILES string of the molecule is C#CCN1CCC(C(=O)N(CCCN(C)C)Cc2ccc(Cl)c(Cl)c2)CC1. The molecule has 0 aromatic heterocycles. The maximum absolute atomic E-state index is 13.2. The molecule has 1 aliphatic heterocycles. The summed E-state index contributed by atoms with van der Waals surface area (Å²) in [5.41, 5.74) is 1.01. The molecule has 0 radical (unpaired) electrons. The highest BCUT2D eigenvalue weighted by molar-refractivity contribution is 6.42. The van der Waals surface area contributed by atoms with Crippen molar-refractivity contribution in [3.05, 3.63) is 33.8 Å². The van der Waals surface area contributed by atoms with Gasteiger partial charge >= 0.3 is 0 Å². The Bertz CT molecular complexity index is 664. The zero-order chi connectivity index (χ0) is 19.8. The molecule has 0 aliphatic carbocycles. The molecule has 4 nitrogen and oxygen atoms in total. The number of piperidine rings is 1. The van der Waals surface area contributed by atoms with E-state index in [-0.39, 0.29) is 11.8 Å². The molecule has 148 valence electrons. The van der Waals surface area contributed by atoms with E-state index in [4.69, 9.17) is 29.6 Å². The Labute approximate surface area is 173 Å². The quantitative estimate of drug-likeness (QED) is 0.613. The molecule has 0 unspecified atom stereocenters. The Morgan fingerprint density at radius 1 is 1.22 bits per heavy atom. The lowest BCUT2D eigenvalue weighted by Gasteiger charge is -2.33. The van der Waals surface area contributed by atoms with Crippen LogP contribution in [0.5, 0.6) is 0 Å². The number of halogens is 2. The van der Waals surface area contributed by atoms with E-state index in [0.717, 1.165) is 51.0 Å². The molecular weight excluding hydrogens is 381 g/mol. The molecule has 0 N–H and O–H groups in total. The van der Waals surface area contributed by atoms with E-state index in [2.05, 4.69) is 15.7 Å². The van der Waals surface area contributed by atoms with Crippen LogP contribution in [0.25, 0.3) is 0 Å². The molecule has 0 saturated carbocycles. The fourth-order valence-electron chi connectivity index (χ4n) is 3.43. The monoisotopic (exact) mass is 409 g/mol. The van der Waals surface area contributed by atoms with Gasteiger partial charge in [0.1, 0.15) is 0 Å². The summed E-state index contributed by atoms with van der Waals surface area (Å²) in [6.45, 7) is 4.69. The Morgan fingerprint density at radius 3 is 2.52 bits per heavy atom. The van der Waals surface area contributed by atoms with Crippen molar-refractivity contribution in [1.82, 2.24) is 14.7 Å². The number of terminal acetylenes is 1. The van der Waals surface area contributed by atoms with E-state index < -0.39 is 0 Å². The zero-order valence-electron chi connectivity index (χ0n) is 16.3. The second-order valence-electron chi connectivity index (χ2n) is 7.42. The fourth-order valence-corrected chi connectivity index (χ4v) is 3.75. The smallest absolute Gasteiger partial charge is 0.226 e. The van der Waals surface area contributed by atoms with Gasteiger partial charge in [-0.15, -0.1) is 6.42 Å². The third-order valence-electron chi connectivity index (χ3n) is 4.95. The number of hydrogen-bond acceptors (Lipinski definition) is 3. The molecule has 1 fully saturated rings. The van der Waals surface area contributed by atoms with Gasteiger partial charge in [-0.1, -0.05) is 35.2 Å². The summed E-state index contributed by atoms with van der Waals surface area (Å²) in [6, 6.07) is 5.58. The molecule has 0 bridgehead atoms. The van der Waals surface area contributed by atoms with Crippen LogP contribution in [0.2, 0.25) is 10.0 Å². The topological polar surface area (TPSA) is 26.8 Å². The highest BCUT2D eigenvalue weighted by Gasteiger charge is 2.28. The minimum Gasteiger partial charge on any atom is -0.338 e. The van der Waals surface area contributed by atoms with Gasteiger partial charge in [0.25, 0.3) is 0 Å². The van der Waals surface area contributed by atoms with Crippen molar-refractivity contribution in [3.63, 3.8) is 0 Å². The van der Waals surface area contributed by atoms with Gasteiger partial charge in [0.2, 0.25) is 5.91 Å². The van der Waals surface area contributed by atoms with Gasteiger partial charge in [-0.05, 0) is 70.7 Å². The van der Waals surface area contributed by atoms with Gasteiger partial charge in [0, 0.05) is 19.0 Å². The van der Waals surface area contributed by atoms with Crippen LogP contribution >= 0.6 is 23.2 Å². The summed E-state index contributed by atoms with van der Waals surface area (Å²) in [6.07, 6.45) is 8.07. The lowest BCUT2D eigenvalue weighted by molar-refractivity contribution is -0.137. The highest BCUT2D eigenvalue weighted by atomic mass is 35.5. The van der Waals surface area contributed by atoms with Crippen LogP contribution in [-0.2, 0) is 11.3 Å². The van der Waals surface area contributed by atoms with Gasteiger partial charge in [-0.3, -0.25) is 9.69 Å². The number of likely N-dealkylation sites (tertiary alicyclic amines) is 1. The van der Waals surface area contributed by atoms with Gasteiger partial charge in [0.05, 0.1) is 16.6 Å². The average molecular weight is 410 g/mol. The maximum Gasteiger partial charge on any atom is 0.226 e. The van der Waals surface area contributed by atoms with Crippen LogP contribution in [0.3, 0.4) is 0 Å². The Balaban J connectivity index is 2.03. The van der Waals surface area contributed by atoms with Crippen molar-refractivity contribution in [2.45, 2.75) is 25.8 Å². The first-order valence-corrected chi connectivity index (χ1v) is 10.2. The van der Waals surface area contributed by atoms with E-state index >= 15 is 0 Å². The van der Waals surface area contributed by atoms with E-state index in [0.29, 0.717) is 23.1 Å². The van der Waals surface area contributed by atoms with Gasteiger partial charge in [-0.25, -0.2) is 0 Å². The Morgan fingerprint density at radius 2 is 1.93 bits per heavy atom. The average Bonchev–Trinajstić information content (AvgIpc) is 2.64. The number of benzene rings is 1. The lowest BCUT2D eigenvalue weighted by Crippen LogP contribution is -2.43. The summed E-state index contributed by atoms with van der Waals surface area (Å²) >= 11 is 12.2. The highest BCUT2D eigenvalue weighted by Crippen LogP contribution is 2.25. The molecular formula is C21H29Cl2N3O. The number of hydrogen-bond donors (Lipinski definition) is 0. The molecule has 1 saturated heterocycles. The van der Waals surface area contributed by atoms with Crippen LogP contribution in [0.1, 0.15) is 24.8 Å². The summed E-state index contributed by atoms with van der Waals surface area (Å²) in [5.74, 6) is 2.99. The van der Waals surface area contributed by atoms with E-state index in [1.807, 2.05) is 31.1 Å². The molecule has 0 spiro atoms. The molecule has 0 atom stereocenters. The second kappa shape index (κ2) is 10.9. The van der Waals surface area contributed by atoms with Crippen molar-refractivity contribution >= 4 is 29.1 Å². The third-order valence-corrected chi connectivity index (χ3v) is 5.69. The third kappa shape index (κ3) is 7.01. The Hall–Kier alpha value is -1.25. The molecule has 1 aromatic rings. The first-order chi connectivity index (χ1) is 12.9. The van der Waals surface area contributed by atoms with E-state index in [1.165, 1.54) is 0 Å². The standard InChI is InChI=1S/C21H29Cl2N3O/c1-4-10-25-13-8-18(9-14-25)21(27)26(12-5-11-24(2)3)16-17-6-7-19(22)20(23)15-17/h1,6-7,15,18H,5,8-14,16H2,2-3H3. The van der Waals surface area contributed by atoms with Gasteiger partial charge in [-0.2, -0.15) is 0 Å². The number of amides is 1. The van der Waals surface area contributed by atoms with Crippen LogP contribution < -0.4 is 0 Å². The Kier molecular flexibility index (Phi) is 8.92. The first kappa shape index (κ1) is 22.0. The zero-order valence-corrected chi connectivity index (χ0v) is 17.8. The fraction of sp³-hybridized carbons (Fsp3) is 0.571. The van der Waals surface area contributed by atoms with Crippen LogP contribution in [-0.4, -0.2) is 67.4 Å². The number of carbonyl (C=O) groups is 1. The number of nitrogens with zero attached hydrogens (tertiary/aromatic N) is 3. The summed E-state index contributed by atoms with van der Waals surface area (Å²) < 4.78 is 0. The normalized spacial score (nSPS) is 15.7.